The van der Waals surface area contributed by atoms with E-state index >= 15 is 0 Å². The van der Waals surface area contributed by atoms with Crippen molar-refractivity contribution < 1.29 is 9.90 Å². The number of rotatable bonds is 4. The molecule has 2 N–H and O–H groups in total. The molecular weight excluding hydrogens is 228 g/mol. The fourth-order valence-electron chi connectivity index (χ4n) is 2.28. The monoisotopic (exact) mass is 248 g/mol. The fraction of sp³-hybridized carbons (Fsp3) is 0.500. The summed E-state index contributed by atoms with van der Waals surface area (Å²) in [4.78, 5) is 13.3. The van der Waals surface area contributed by atoms with E-state index in [1.165, 1.54) is 0 Å². The number of fused-ring (bicyclic) bond motifs is 1. The molecule has 18 heavy (non-hydrogen) atoms. The predicted molar refractivity (Wildman–Crippen MR) is 73.0 cm³/mol. The molecule has 0 saturated heterocycles. The first-order valence-electron chi connectivity index (χ1n) is 6.21. The van der Waals surface area contributed by atoms with Gasteiger partial charge in [-0.1, -0.05) is 0 Å². The van der Waals surface area contributed by atoms with Crippen LogP contribution in [0.4, 0.5) is 11.4 Å². The van der Waals surface area contributed by atoms with Crippen LogP contribution in [0, 0.1) is 0 Å². The van der Waals surface area contributed by atoms with Crippen LogP contribution in [0.3, 0.4) is 0 Å². The molecule has 0 aromatic heterocycles. The SMILES string of the molecule is CN1C(=O)Cc2cc(NC(C)(C)CCO)ccc21. The number of hydrogen-bond acceptors (Lipinski definition) is 3. The van der Waals surface area contributed by atoms with E-state index in [4.69, 9.17) is 5.11 Å². The van der Waals surface area contributed by atoms with Gasteiger partial charge in [0.25, 0.3) is 0 Å². The summed E-state index contributed by atoms with van der Waals surface area (Å²) >= 11 is 0. The van der Waals surface area contributed by atoms with Gasteiger partial charge in [0.05, 0.1) is 6.42 Å². The zero-order valence-electron chi connectivity index (χ0n) is 11.2. The highest BCUT2D eigenvalue weighted by molar-refractivity contribution is 6.01. The maximum atomic E-state index is 11.6. The molecule has 1 aromatic carbocycles. The van der Waals surface area contributed by atoms with Crippen LogP contribution in [0.25, 0.3) is 0 Å². The van der Waals surface area contributed by atoms with Crippen LogP contribution in [0.2, 0.25) is 0 Å². The Balaban J connectivity index is 2.19. The number of hydrogen-bond donors (Lipinski definition) is 2. The lowest BCUT2D eigenvalue weighted by Gasteiger charge is -2.27. The number of carbonyl (C=O) groups excluding carboxylic acids is 1. The van der Waals surface area contributed by atoms with E-state index < -0.39 is 0 Å². The number of aliphatic hydroxyl groups excluding tert-OH is 1. The number of amides is 1. The summed E-state index contributed by atoms with van der Waals surface area (Å²) in [6.07, 6.45) is 1.16. The van der Waals surface area contributed by atoms with E-state index in [0.29, 0.717) is 12.8 Å². The molecule has 1 aliphatic heterocycles. The van der Waals surface area contributed by atoms with Gasteiger partial charge in [-0.3, -0.25) is 4.79 Å². The van der Waals surface area contributed by atoms with Gasteiger partial charge in [0.2, 0.25) is 5.91 Å². The molecule has 4 heteroatoms. The van der Waals surface area contributed by atoms with Gasteiger partial charge in [-0.25, -0.2) is 0 Å². The van der Waals surface area contributed by atoms with Gasteiger partial charge < -0.3 is 15.3 Å². The fourth-order valence-corrected chi connectivity index (χ4v) is 2.28. The molecular formula is C14H20N2O2. The topological polar surface area (TPSA) is 52.6 Å². The van der Waals surface area contributed by atoms with Gasteiger partial charge in [-0.05, 0) is 44.0 Å². The molecule has 1 aliphatic rings. The minimum absolute atomic E-state index is 0.136. The minimum Gasteiger partial charge on any atom is -0.396 e. The molecule has 0 bridgehead atoms. The van der Waals surface area contributed by atoms with E-state index in [-0.39, 0.29) is 18.1 Å². The van der Waals surface area contributed by atoms with Crippen molar-refractivity contribution >= 4 is 17.3 Å². The Morgan fingerprint density at radius 1 is 1.44 bits per heavy atom. The summed E-state index contributed by atoms with van der Waals surface area (Å²) in [5, 5.41) is 12.4. The number of nitrogens with zero attached hydrogens (tertiary/aromatic N) is 1. The third-order valence-corrected chi connectivity index (χ3v) is 3.38. The average Bonchev–Trinajstić information content (AvgIpc) is 2.53. The van der Waals surface area contributed by atoms with Crippen molar-refractivity contribution in [1.82, 2.24) is 0 Å². The van der Waals surface area contributed by atoms with Crippen LogP contribution in [-0.2, 0) is 11.2 Å². The summed E-state index contributed by atoms with van der Waals surface area (Å²) in [7, 11) is 1.80. The van der Waals surface area contributed by atoms with Crippen molar-refractivity contribution in [2.24, 2.45) is 0 Å². The Bertz CT molecular complexity index is 469. The Morgan fingerprint density at radius 3 is 2.83 bits per heavy atom. The van der Waals surface area contributed by atoms with Crippen molar-refractivity contribution in [3.05, 3.63) is 23.8 Å². The van der Waals surface area contributed by atoms with Gasteiger partial charge in [0.15, 0.2) is 0 Å². The summed E-state index contributed by atoms with van der Waals surface area (Å²) < 4.78 is 0. The molecule has 0 radical (unpaired) electrons. The van der Waals surface area contributed by atoms with Gasteiger partial charge in [-0.2, -0.15) is 0 Å². The summed E-state index contributed by atoms with van der Waals surface area (Å²) in [5.74, 6) is 0.136. The first-order valence-corrected chi connectivity index (χ1v) is 6.21. The van der Waals surface area contributed by atoms with Crippen molar-refractivity contribution in [1.29, 1.82) is 0 Å². The smallest absolute Gasteiger partial charge is 0.231 e. The van der Waals surface area contributed by atoms with Crippen molar-refractivity contribution in [2.75, 3.05) is 23.9 Å². The number of nitrogens with one attached hydrogen (secondary N) is 1. The van der Waals surface area contributed by atoms with Crippen LogP contribution in [0.15, 0.2) is 18.2 Å². The van der Waals surface area contributed by atoms with Gasteiger partial charge in [-0.15, -0.1) is 0 Å². The number of carbonyl (C=O) groups is 1. The third kappa shape index (κ3) is 2.48. The van der Waals surface area contributed by atoms with Crippen molar-refractivity contribution in [2.45, 2.75) is 32.2 Å². The second-order valence-corrected chi connectivity index (χ2v) is 5.46. The summed E-state index contributed by atoms with van der Waals surface area (Å²) in [6.45, 7) is 4.26. The van der Waals surface area contributed by atoms with Crippen LogP contribution in [0.5, 0.6) is 0 Å². The second-order valence-electron chi connectivity index (χ2n) is 5.46. The molecule has 0 fully saturated rings. The molecule has 1 amide bonds. The quantitative estimate of drug-likeness (QED) is 0.854. The lowest BCUT2D eigenvalue weighted by Crippen LogP contribution is -2.31. The zero-order chi connectivity index (χ0) is 13.3. The lowest BCUT2D eigenvalue weighted by atomic mass is 10.0. The highest BCUT2D eigenvalue weighted by Gasteiger charge is 2.24. The molecule has 1 aromatic rings. The van der Waals surface area contributed by atoms with E-state index in [1.54, 1.807) is 11.9 Å². The normalized spacial score (nSPS) is 14.9. The predicted octanol–water partition coefficient (Wildman–Crippen LogP) is 1.78. The first-order chi connectivity index (χ1) is 8.43. The van der Waals surface area contributed by atoms with Gasteiger partial charge >= 0.3 is 0 Å². The highest BCUT2D eigenvalue weighted by Crippen LogP contribution is 2.31. The molecule has 0 aliphatic carbocycles. The van der Waals surface area contributed by atoms with E-state index in [2.05, 4.69) is 5.32 Å². The molecule has 2 rings (SSSR count). The molecule has 0 spiro atoms. The number of aliphatic hydroxyl groups is 1. The van der Waals surface area contributed by atoms with E-state index in [0.717, 1.165) is 16.9 Å². The largest absolute Gasteiger partial charge is 0.396 e. The summed E-state index contributed by atoms with van der Waals surface area (Å²) in [5.41, 5.74) is 2.89. The molecule has 0 saturated carbocycles. The van der Waals surface area contributed by atoms with E-state index in [1.807, 2.05) is 32.0 Å². The van der Waals surface area contributed by atoms with E-state index in [9.17, 15) is 4.79 Å². The molecule has 0 atom stereocenters. The van der Waals surface area contributed by atoms with Gasteiger partial charge in [0.1, 0.15) is 0 Å². The standard InChI is InChI=1S/C14H20N2O2/c1-14(2,6-7-17)15-11-4-5-12-10(8-11)9-13(18)16(12)3/h4-5,8,15,17H,6-7,9H2,1-3H3. The number of anilines is 2. The lowest BCUT2D eigenvalue weighted by molar-refractivity contribution is -0.117. The second kappa shape index (κ2) is 4.61. The van der Waals surface area contributed by atoms with Gasteiger partial charge in [0, 0.05) is 30.6 Å². The molecule has 4 nitrogen and oxygen atoms in total. The molecule has 0 unspecified atom stereocenters. The minimum atomic E-state index is -0.155. The Labute approximate surface area is 108 Å². The van der Waals surface area contributed by atoms with Crippen LogP contribution in [-0.4, -0.2) is 30.2 Å². The number of likely N-dealkylation sites (N-methyl/N-ethyl adjacent to an activating group) is 1. The van der Waals surface area contributed by atoms with Crippen LogP contribution >= 0.6 is 0 Å². The average molecular weight is 248 g/mol. The van der Waals surface area contributed by atoms with Crippen LogP contribution < -0.4 is 10.2 Å². The third-order valence-electron chi connectivity index (χ3n) is 3.38. The van der Waals surface area contributed by atoms with Crippen molar-refractivity contribution in [3.8, 4) is 0 Å². The maximum absolute atomic E-state index is 11.6. The van der Waals surface area contributed by atoms with Crippen molar-refractivity contribution in [3.63, 3.8) is 0 Å². The highest BCUT2D eigenvalue weighted by atomic mass is 16.3. The first kappa shape index (κ1) is 12.9. The zero-order valence-corrected chi connectivity index (χ0v) is 11.2. The molecule has 98 valence electrons. The Hall–Kier alpha value is -1.55. The summed E-state index contributed by atoms with van der Waals surface area (Å²) in [6, 6.07) is 5.97. The maximum Gasteiger partial charge on any atom is 0.231 e. The Morgan fingerprint density at radius 2 is 2.17 bits per heavy atom. The number of benzene rings is 1. The Kier molecular flexibility index (Phi) is 3.30. The van der Waals surface area contributed by atoms with Crippen LogP contribution in [0.1, 0.15) is 25.8 Å². The molecule has 1 heterocycles.